The summed E-state index contributed by atoms with van der Waals surface area (Å²) in [5.41, 5.74) is 1.37. The topological polar surface area (TPSA) is 9.72 Å². The van der Waals surface area contributed by atoms with E-state index in [-0.39, 0.29) is 0 Å². The van der Waals surface area contributed by atoms with Crippen molar-refractivity contribution in [1.82, 2.24) is 14.7 Å². The van der Waals surface area contributed by atoms with Crippen LogP contribution in [0.1, 0.15) is 5.56 Å². The molecular weight excluding hydrogens is 242 g/mol. The van der Waals surface area contributed by atoms with Crippen LogP contribution < -0.4 is 0 Å². The second-order valence-corrected chi connectivity index (χ2v) is 5.16. The molecule has 0 amide bonds. The van der Waals surface area contributed by atoms with Gasteiger partial charge in [0.25, 0.3) is 0 Å². The van der Waals surface area contributed by atoms with Crippen molar-refractivity contribution in [2.75, 3.05) is 42.3 Å². The van der Waals surface area contributed by atoms with E-state index in [1.807, 2.05) is 44.1 Å². The Morgan fingerprint density at radius 2 is 1.33 bits per heavy atom. The largest absolute Gasteiger partial charge is 0.355 e. The van der Waals surface area contributed by atoms with E-state index in [9.17, 15) is 0 Å². The van der Waals surface area contributed by atoms with E-state index in [1.165, 1.54) is 5.56 Å². The molecule has 0 N–H and O–H groups in total. The van der Waals surface area contributed by atoms with Crippen LogP contribution in [0, 0.1) is 0 Å². The standard InChI is InChI=1S/C9H13N.C5H12N2S/c1-10(2)8-9-6-4-3-5-7-9;1-6(2)5(8)7(3)4/h3-7H,8H2,1-2H3;1-4H3. The molecule has 0 aliphatic carbocycles. The van der Waals surface area contributed by atoms with E-state index in [0.717, 1.165) is 11.7 Å². The Balaban J connectivity index is 0.000000331. The summed E-state index contributed by atoms with van der Waals surface area (Å²) in [6.45, 7) is 1.03. The fourth-order valence-corrected chi connectivity index (χ4v) is 1.35. The van der Waals surface area contributed by atoms with E-state index in [0.29, 0.717) is 0 Å². The highest BCUT2D eigenvalue weighted by atomic mass is 32.1. The Morgan fingerprint density at radius 1 is 0.889 bits per heavy atom. The van der Waals surface area contributed by atoms with Gasteiger partial charge in [-0.15, -0.1) is 0 Å². The third kappa shape index (κ3) is 8.03. The third-order valence-electron chi connectivity index (χ3n) is 2.11. The molecular formula is C14H25N3S. The van der Waals surface area contributed by atoms with Crippen molar-refractivity contribution in [2.24, 2.45) is 0 Å². The van der Waals surface area contributed by atoms with Gasteiger partial charge in [0.1, 0.15) is 0 Å². The van der Waals surface area contributed by atoms with Gasteiger partial charge in [0.2, 0.25) is 0 Å². The van der Waals surface area contributed by atoms with Crippen LogP contribution >= 0.6 is 12.2 Å². The number of nitrogens with zero attached hydrogens (tertiary/aromatic N) is 3. The average molecular weight is 267 g/mol. The van der Waals surface area contributed by atoms with Gasteiger partial charge in [0, 0.05) is 34.7 Å². The summed E-state index contributed by atoms with van der Waals surface area (Å²) in [6, 6.07) is 10.5. The first kappa shape index (κ1) is 16.9. The highest BCUT2D eigenvalue weighted by Gasteiger charge is 1.97. The molecule has 0 aliphatic rings. The summed E-state index contributed by atoms with van der Waals surface area (Å²) in [6.07, 6.45) is 0. The molecule has 0 spiro atoms. The Morgan fingerprint density at radius 3 is 1.61 bits per heavy atom. The molecule has 1 aromatic carbocycles. The van der Waals surface area contributed by atoms with Crippen LogP contribution in [0.15, 0.2) is 30.3 Å². The van der Waals surface area contributed by atoms with Crippen molar-refractivity contribution >= 4 is 17.3 Å². The number of thiocarbonyl (C=S) groups is 1. The van der Waals surface area contributed by atoms with Crippen molar-refractivity contribution in [3.8, 4) is 0 Å². The molecule has 0 bridgehead atoms. The molecule has 0 fully saturated rings. The second-order valence-electron chi connectivity index (χ2n) is 4.79. The minimum atomic E-state index is 0.852. The molecule has 102 valence electrons. The van der Waals surface area contributed by atoms with Crippen molar-refractivity contribution in [3.63, 3.8) is 0 Å². The Bertz CT molecular complexity index is 324. The number of hydrogen-bond donors (Lipinski definition) is 0. The Kier molecular flexibility index (Phi) is 8.33. The molecule has 0 aliphatic heterocycles. The minimum absolute atomic E-state index is 0.852. The maximum atomic E-state index is 4.95. The summed E-state index contributed by atoms with van der Waals surface area (Å²) in [4.78, 5) is 5.96. The Labute approximate surface area is 117 Å². The van der Waals surface area contributed by atoms with Gasteiger partial charge in [-0.3, -0.25) is 0 Å². The van der Waals surface area contributed by atoms with Gasteiger partial charge < -0.3 is 14.7 Å². The first-order chi connectivity index (χ1) is 8.34. The van der Waals surface area contributed by atoms with Crippen molar-refractivity contribution in [2.45, 2.75) is 6.54 Å². The monoisotopic (exact) mass is 267 g/mol. The fraction of sp³-hybridized carbons (Fsp3) is 0.500. The zero-order valence-corrected chi connectivity index (χ0v) is 13.2. The van der Waals surface area contributed by atoms with Crippen LogP contribution in [0.4, 0.5) is 0 Å². The molecule has 0 aromatic heterocycles. The molecule has 0 unspecified atom stereocenters. The van der Waals surface area contributed by atoms with Crippen molar-refractivity contribution in [3.05, 3.63) is 35.9 Å². The predicted molar refractivity (Wildman–Crippen MR) is 83.8 cm³/mol. The first-order valence-electron chi connectivity index (χ1n) is 5.92. The van der Waals surface area contributed by atoms with Gasteiger partial charge in [-0.1, -0.05) is 30.3 Å². The zero-order chi connectivity index (χ0) is 14.1. The van der Waals surface area contributed by atoms with Crippen molar-refractivity contribution in [1.29, 1.82) is 0 Å². The van der Waals surface area contributed by atoms with Crippen LogP contribution in [0.2, 0.25) is 0 Å². The number of rotatable bonds is 2. The van der Waals surface area contributed by atoms with E-state index in [1.54, 1.807) is 0 Å². The number of benzene rings is 1. The van der Waals surface area contributed by atoms with Crippen LogP contribution in [0.25, 0.3) is 0 Å². The maximum absolute atomic E-state index is 4.95. The summed E-state index contributed by atoms with van der Waals surface area (Å²) < 4.78 is 0. The molecule has 0 atom stereocenters. The van der Waals surface area contributed by atoms with E-state index < -0.39 is 0 Å². The molecule has 0 heterocycles. The predicted octanol–water partition coefficient (Wildman–Crippen LogP) is 2.14. The third-order valence-corrected chi connectivity index (χ3v) is 2.84. The summed E-state index contributed by atoms with van der Waals surface area (Å²) in [7, 11) is 11.9. The summed E-state index contributed by atoms with van der Waals surface area (Å²) in [5.74, 6) is 0. The molecule has 0 saturated carbocycles. The molecule has 1 rings (SSSR count). The number of hydrogen-bond acceptors (Lipinski definition) is 2. The lowest BCUT2D eigenvalue weighted by molar-refractivity contribution is 0.402. The fourth-order valence-electron chi connectivity index (χ4n) is 1.35. The average Bonchev–Trinajstić information content (AvgIpc) is 2.29. The summed E-state index contributed by atoms with van der Waals surface area (Å²) >= 11 is 4.95. The molecule has 18 heavy (non-hydrogen) atoms. The normalized spacial score (nSPS) is 9.50. The van der Waals surface area contributed by atoms with Crippen molar-refractivity contribution < 1.29 is 0 Å². The van der Waals surface area contributed by atoms with Crippen LogP contribution in [-0.4, -0.2) is 62.1 Å². The molecule has 0 radical (unpaired) electrons. The molecule has 1 aromatic rings. The zero-order valence-electron chi connectivity index (χ0n) is 12.3. The Hall–Kier alpha value is -1.13. The van der Waals surface area contributed by atoms with Gasteiger partial charge in [-0.05, 0) is 31.9 Å². The van der Waals surface area contributed by atoms with E-state index in [4.69, 9.17) is 12.2 Å². The SMILES string of the molecule is CN(C)C(=S)N(C)C.CN(C)Cc1ccccc1. The van der Waals surface area contributed by atoms with Crippen LogP contribution in [0.5, 0.6) is 0 Å². The molecule has 4 heteroatoms. The van der Waals surface area contributed by atoms with Gasteiger partial charge in [-0.25, -0.2) is 0 Å². The first-order valence-corrected chi connectivity index (χ1v) is 6.32. The van der Waals surface area contributed by atoms with E-state index in [2.05, 4.69) is 43.3 Å². The van der Waals surface area contributed by atoms with Crippen LogP contribution in [-0.2, 0) is 6.54 Å². The molecule has 0 saturated heterocycles. The highest BCUT2D eigenvalue weighted by Crippen LogP contribution is 1.99. The molecule has 3 nitrogen and oxygen atoms in total. The summed E-state index contributed by atoms with van der Waals surface area (Å²) in [5, 5.41) is 0.852. The minimum Gasteiger partial charge on any atom is -0.355 e. The van der Waals surface area contributed by atoms with Gasteiger partial charge >= 0.3 is 0 Å². The quantitative estimate of drug-likeness (QED) is 0.759. The van der Waals surface area contributed by atoms with Gasteiger partial charge in [0.05, 0.1) is 0 Å². The lowest BCUT2D eigenvalue weighted by Gasteiger charge is -2.20. The van der Waals surface area contributed by atoms with Gasteiger partial charge in [-0.2, -0.15) is 0 Å². The second kappa shape index (κ2) is 8.89. The lowest BCUT2D eigenvalue weighted by atomic mass is 10.2. The highest BCUT2D eigenvalue weighted by molar-refractivity contribution is 7.80. The van der Waals surface area contributed by atoms with Crippen LogP contribution in [0.3, 0.4) is 0 Å². The lowest BCUT2D eigenvalue weighted by Crippen LogP contribution is -2.32. The van der Waals surface area contributed by atoms with E-state index >= 15 is 0 Å². The smallest absolute Gasteiger partial charge is 0.170 e. The maximum Gasteiger partial charge on any atom is 0.170 e. The van der Waals surface area contributed by atoms with Gasteiger partial charge in [0.15, 0.2) is 5.11 Å².